The smallest absolute Gasteiger partial charge is 0.131 e. The molecule has 0 aromatic heterocycles. The molecule has 4 aromatic carbocycles. The van der Waals surface area contributed by atoms with Crippen LogP contribution in [0.4, 0.5) is 0 Å². The Labute approximate surface area is 214 Å². The minimum absolute atomic E-state index is 0.309. The van der Waals surface area contributed by atoms with E-state index in [1.807, 2.05) is 0 Å². The quantitative estimate of drug-likeness (QED) is 0.313. The first-order valence-corrected chi connectivity index (χ1v) is 13.4. The summed E-state index contributed by atoms with van der Waals surface area (Å²) in [5, 5.41) is 23.9. The Hall–Kier alpha value is -3.52. The van der Waals surface area contributed by atoms with E-state index in [0.717, 1.165) is 84.7 Å². The van der Waals surface area contributed by atoms with Crippen LogP contribution in [0.5, 0.6) is 11.5 Å². The molecular formula is C34H34O2. The number of fused-ring (bicyclic) bond motifs is 2. The van der Waals surface area contributed by atoms with Crippen molar-refractivity contribution in [3.8, 4) is 44.9 Å². The van der Waals surface area contributed by atoms with Crippen molar-refractivity contribution in [2.45, 2.75) is 65.2 Å². The fourth-order valence-corrected chi connectivity index (χ4v) is 6.23. The van der Waals surface area contributed by atoms with Gasteiger partial charge in [-0.1, -0.05) is 59.7 Å². The SMILES string of the molecule is Cc1ccc(-c2cc3c(c(-c4c(O)c(-c5ccc(C)cc5)cc5c4CCCC5)c2O)CCCC3)cc1. The van der Waals surface area contributed by atoms with Crippen molar-refractivity contribution >= 4 is 0 Å². The van der Waals surface area contributed by atoms with Gasteiger partial charge in [-0.15, -0.1) is 0 Å². The molecule has 0 saturated heterocycles. The standard InChI is InChI=1S/C34H34O2/c1-21-11-15-23(16-12-21)29-19-25-7-3-5-9-27(25)31(33(29)35)32-28-10-6-4-8-26(28)20-30(34(32)36)24-17-13-22(2)14-18-24/h11-20,35-36H,3-10H2,1-2H3. The molecule has 4 aromatic rings. The number of aryl methyl sites for hydroxylation is 4. The molecule has 0 atom stereocenters. The highest BCUT2D eigenvalue weighted by atomic mass is 16.3. The van der Waals surface area contributed by atoms with Crippen LogP contribution in [0, 0.1) is 13.8 Å². The zero-order chi connectivity index (χ0) is 24.8. The molecule has 2 aliphatic carbocycles. The van der Waals surface area contributed by atoms with Gasteiger partial charge in [-0.05, 0) is 111 Å². The Morgan fingerprint density at radius 1 is 0.500 bits per heavy atom. The summed E-state index contributed by atoms with van der Waals surface area (Å²) in [6.45, 7) is 4.17. The second kappa shape index (κ2) is 9.17. The van der Waals surface area contributed by atoms with Crippen LogP contribution in [-0.4, -0.2) is 10.2 Å². The second-order valence-corrected chi connectivity index (χ2v) is 10.7. The lowest BCUT2D eigenvalue weighted by Crippen LogP contribution is -2.10. The van der Waals surface area contributed by atoms with Crippen LogP contribution in [0.1, 0.15) is 59.1 Å². The summed E-state index contributed by atoms with van der Waals surface area (Å²) >= 11 is 0. The minimum atomic E-state index is 0.309. The summed E-state index contributed by atoms with van der Waals surface area (Å²) in [6.07, 6.45) is 8.47. The Morgan fingerprint density at radius 3 is 1.25 bits per heavy atom. The summed E-state index contributed by atoms with van der Waals surface area (Å²) in [4.78, 5) is 0. The van der Waals surface area contributed by atoms with Crippen LogP contribution < -0.4 is 0 Å². The molecule has 0 heterocycles. The summed E-state index contributed by atoms with van der Waals surface area (Å²) in [6, 6.07) is 21.2. The molecule has 36 heavy (non-hydrogen) atoms. The van der Waals surface area contributed by atoms with Crippen LogP contribution in [0.2, 0.25) is 0 Å². The molecule has 0 bridgehead atoms. The first kappa shape index (κ1) is 22.9. The third kappa shape index (κ3) is 3.89. The average molecular weight is 475 g/mol. The van der Waals surface area contributed by atoms with Crippen LogP contribution in [0.25, 0.3) is 33.4 Å². The van der Waals surface area contributed by atoms with E-state index in [1.165, 1.54) is 33.4 Å². The van der Waals surface area contributed by atoms with Crippen molar-refractivity contribution in [1.82, 2.24) is 0 Å². The molecule has 6 rings (SSSR count). The van der Waals surface area contributed by atoms with Crippen LogP contribution in [0.3, 0.4) is 0 Å². The Balaban J connectivity index is 1.67. The van der Waals surface area contributed by atoms with E-state index in [2.05, 4.69) is 74.5 Å². The number of aromatic hydroxyl groups is 2. The van der Waals surface area contributed by atoms with E-state index in [0.29, 0.717) is 11.5 Å². The van der Waals surface area contributed by atoms with Gasteiger partial charge in [0.2, 0.25) is 0 Å². The molecule has 0 radical (unpaired) electrons. The second-order valence-electron chi connectivity index (χ2n) is 10.7. The van der Waals surface area contributed by atoms with Gasteiger partial charge in [0.1, 0.15) is 11.5 Å². The van der Waals surface area contributed by atoms with Gasteiger partial charge in [0, 0.05) is 22.3 Å². The van der Waals surface area contributed by atoms with Gasteiger partial charge in [0.05, 0.1) is 0 Å². The van der Waals surface area contributed by atoms with Crippen LogP contribution >= 0.6 is 0 Å². The maximum Gasteiger partial charge on any atom is 0.131 e. The van der Waals surface area contributed by atoms with Crippen molar-refractivity contribution in [2.24, 2.45) is 0 Å². The van der Waals surface area contributed by atoms with Gasteiger partial charge < -0.3 is 10.2 Å². The molecule has 2 nitrogen and oxygen atoms in total. The summed E-state index contributed by atoms with van der Waals surface area (Å²) in [7, 11) is 0. The van der Waals surface area contributed by atoms with Crippen molar-refractivity contribution in [2.75, 3.05) is 0 Å². The predicted molar refractivity (Wildman–Crippen MR) is 149 cm³/mol. The average Bonchev–Trinajstić information content (AvgIpc) is 2.90. The van der Waals surface area contributed by atoms with Crippen LogP contribution in [0.15, 0.2) is 60.7 Å². The van der Waals surface area contributed by atoms with Gasteiger partial charge in [0.15, 0.2) is 0 Å². The number of hydrogen-bond acceptors (Lipinski definition) is 2. The number of hydrogen-bond donors (Lipinski definition) is 2. The van der Waals surface area contributed by atoms with Crippen molar-refractivity contribution < 1.29 is 10.2 Å². The Bertz CT molecular complexity index is 1330. The maximum atomic E-state index is 11.9. The summed E-state index contributed by atoms with van der Waals surface area (Å²) < 4.78 is 0. The summed E-state index contributed by atoms with van der Waals surface area (Å²) in [5.41, 5.74) is 13.0. The molecule has 182 valence electrons. The lowest BCUT2D eigenvalue weighted by atomic mass is 9.77. The number of phenols is 2. The third-order valence-corrected chi connectivity index (χ3v) is 8.22. The molecule has 0 fully saturated rings. The van der Waals surface area contributed by atoms with Crippen molar-refractivity contribution in [1.29, 1.82) is 0 Å². The molecular weight excluding hydrogens is 440 g/mol. The van der Waals surface area contributed by atoms with Crippen LogP contribution in [-0.2, 0) is 25.7 Å². The highest BCUT2D eigenvalue weighted by Crippen LogP contribution is 2.52. The van der Waals surface area contributed by atoms with Gasteiger partial charge in [-0.25, -0.2) is 0 Å². The molecule has 0 unspecified atom stereocenters. The lowest BCUT2D eigenvalue weighted by molar-refractivity contribution is 0.468. The van der Waals surface area contributed by atoms with Gasteiger partial charge in [-0.3, -0.25) is 0 Å². The highest BCUT2D eigenvalue weighted by Gasteiger charge is 2.29. The predicted octanol–water partition coefficient (Wildman–Crippen LogP) is 8.47. The Morgan fingerprint density at radius 2 is 0.861 bits per heavy atom. The van der Waals surface area contributed by atoms with Crippen molar-refractivity contribution in [3.05, 3.63) is 94.0 Å². The van der Waals surface area contributed by atoms with E-state index in [9.17, 15) is 10.2 Å². The van der Waals surface area contributed by atoms with E-state index in [4.69, 9.17) is 0 Å². The zero-order valence-electron chi connectivity index (χ0n) is 21.3. The van der Waals surface area contributed by atoms with Crippen molar-refractivity contribution in [3.63, 3.8) is 0 Å². The number of benzene rings is 4. The highest BCUT2D eigenvalue weighted by molar-refractivity contribution is 5.93. The fraction of sp³-hybridized carbons (Fsp3) is 0.294. The molecule has 2 aliphatic rings. The molecule has 2 heteroatoms. The largest absolute Gasteiger partial charge is 0.507 e. The first-order chi connectivity index (χ1) is 17.5. The van der Waals surface area contributed by atoms with Gasteiger partial charge in [0.25, 0.3) is 0 Å². The molecule has 0 aliphatic heterocycles. The maximum absolute atomic E-state index is 11.9. The molecule has 0 saturated carbocycles. The van der Waals surface area contributed by atoms with E-state index in [-0.39, 0.29) is 0 Å². The molecule has 2 N–H and O–H groups in total. The van der Waals surface area contributed by atoms with Gasteiger partial charge in [-0.2, -0.15) is 0 Å². The van der Waals surface area contributed by atoms with Gasteiger partial charge >= 0.3 is 0 Å². The first-order valence-electron chi connectivity index (χ1n) is 13.4. The normalized spacial score (nSPS) is 14.8. The number of rotatable bonds is 3. The fourth-order valence-electron chi connectivity index (χ4n) is 6.23. The zero-order valence-corrected chi connectivity index (χ0v) is 21.3. The molecule has 0 amide bonds. The van der Waals surface area contributed by atoms with E-state index in [1.54, 1.807) is 0 Å². The summed E-state index contributed by atoms with van der Waals surface area (Å²) in [5.74, 6) is 0.618. The third-order valence-electron chi connectivity index (χ3n) is 8.22. The van der Waals surface area contributed by atoms with E-state index >= 15 is 0 Å². The van der Waals surface area contributed by atoms with E-state index < -0.39 is 0 Å². The minimum Gasteiger partial charge on any atom is -0.507 e. The number of phenolic OH excluding ortho intramolecular Hbond substituents is 2. The topological polar surface area (TPSA) is 40.5 Å². The monoisotopic (exact) mass is 474 g/mol. The molecule has 0 spiro atoms. The Kier molecular flexibility index (Phi) is 5.84. The lowest BCUT2D eigenvalue weighted by Gasteiger charge is -2.28.